The lowest BCUT2D eigenvalue weighted by Crippen LogP contribution is -2.56. The van der Waals surface area contributed by atoms with Crippen LogP contribution >= 0.6 is 0 Å². The summed E-state index contributed by atoms with van der Waals surface area (Å²) in [5.41, 5.74) is 1.03. The first-order valence-electron chi connectivity index (χ1n) is 7.98. The molecule has 2 aromatic carbocycles. The van der Waals surface area contributed by atoms with E-state index >= 15 is 0 Å². The van der Waals surface area contributed by atoms with E-state index in [0.717, 1.165) is 9.80 Å². The molecule has 1 unspecified atom stereocenters. The fourth-order valence-corrected chi connectivity index (χ4v) is 3.35. The zero-order valence-corrected chi connectivity index (χ0v) is 13.2. The highest BCUT2D eigenvalue weighted by Gasteiger charge is 2.47. The van der Waals surface area contributed by atoms with E-state index in [1.807, 2.05) is 0 Å². The zero-order chi connectivity index (χ0) is 17.6. The van der Waals surface area contributed by atoms with E-state index in [9.17, 15) is 19.2 Å². The van der Waals surface area contributed by atoms with E-state index in [-0.39, 0.29) is 18.7 Å². The monoisotopic (exact) mass is 334 g/mol. The van der Waals surface area contributed by atoms with Crippen molar-refractivity contribution >= 4 is 29.3 Å². The summed E-state index contributed by atoms with van der Waals surface area (Å²) >= 11 is 0. The summed E-state index contributed by atoms with van der Waals surface area (Å²) in [4.78, 5) is 52.5. The summed E-state index contributed by atoms with van der Waals surface area (Å²) in [5, 5.41) is 0. The van der Waals surface area contributed by atoms with Gasteiger partial charge in [-0.3, -0.25) is 24.1 Å². The third-order valence-corrected chi connectivity index (χ3v) is 4.54. The lowest BCUT2D eigenvalue weighted by Gasteiger charge is -2.34. The maximum Gasteiger partial charge on any atom is 0.262 e. The summed E-state index contributed by atoms with van der Waals surface area (Å²) in [6.45, 7) is 0. The maximum atomic E-state index is 12.9. The van der Waals surface area contributed by atoms with Gasteiger partial charge >= 0.3 is 0 Å². The highest BCUT2D eigenvalue weighted by Crippen LogP contribution is 2.30. The predicted octanol–water partition coefficient (Wildman–Crippen LogP) is 2.00. The van der Waals surface area contributed by atoms with Crippen molar-refractivity contribution < 1.29 is 19.2 Å². The molecule has 0 spiro atoms. The number of piperidine rings is 1. The van der Waals surface area contributed by atoms with Crippen molar-refractivity contribution in [2.45, 2.75) is 18.9 Å². The van der Waals surface area contributed by atoms with Crippen LogP contribution in [0.1, 0.15) is 33.6 Å². The molecule has 2 aliphatic heterocycles. The van der Waals surface area contributed by atoms with Crippen LogP contribution in [0.3, 0.4) is 0 Å². The number of fused-ring (bicyclic) bond motifs is 1. The minimum atomic E-state index is -0.967. The number of amides is 4. The van der Waals surface area contributed by atoms with Gasteiger partial charge in [-0.25, -0.2) is 4.90 Å². The van der Waals surface area contributed by atoms with Gasteiger partial charge in [0, 0.05) is 6.42 Å². The van der Waals surface area contributed by atoms with E-state index in [2.05, 4.69) is 0 Å². The van der Waals surface area contributed by atoms with E-state index < -0.39 is 23.8 Å². The Morgan fingerprint density at radius 3 is 1.92 bits per heavy atom. The Morgan fingerprint density at radius 2 is 1.32 bits per heavy atom. The summed E-state index contributed by atoms with van der Waals surface area (Å²) in [6.07, 6.45) is 0.241. The van der Waals surface area contributed by atoms with Gasteiger partial charge in [-0.1, -0.05) is 30.3 Å². The molecule has 4 rings (SSSR count). The standard InChI is InChI=1S/C19H14N2O4/c22-16-11-10-15(19(25)20(16)12-6-2-1-3-7-12)21-17(23)13-8-4-5-9-14(13)18(21)24/h1-9,15H,10-11H2. The van der Waals surface area contributed by atoms with E-state index in [0.29, 0.717) is 16.8 Å². The van der Waals surface area contributed by atoms with Crippen LogP contribution in [0, 0.1) is 0 Å². The van der Waals surface area contributed by atoms with Gasteiger partial charge in [0.15, 0.2) is 0 Å². The van der Waals surface area contributed by atoms with Crippen LogP contribution in [-0.2, 0) is 9.59 Å². The largest absolute Gasteiger partial charge is 0.274 e. The lowest BCUT2D eigenvalue weighted by molar-refractivity contribution is -0.132. The highest BCUT2D eigenvalue weighted by atomic mass is 16.2. The molecular formula is C19H14N2O4. The molecule has 0 aromatic heterocycles. The quantitative estimate of drug-likeness (QED) is 0.787. The summed E-state index contributed by atoms with van der Waals surface area (Å²) in [5.74, 6) is -1.84. The first-order chi connectivity index (χ1) is 12.1. The minimum absolute atomic E-state index is 0.0959. The third kappa shape index (κ3) is 2.26. The van der Waals surface area contributed by atoms with Crippen LogP contribution in [0.2, 0.25) is 0 Å². The molecule has 1 saturated heterocycles. The van der Waals surface area contributed by atoms with Crippen molar-refractivity contribution in [3.63, 3.8) is 0 Å². The zero-order valence-electron chi connectivity index (χ0n) is 13.2. The molecule has 4 amide bonds. The number of carbonyl (C=O) groups is 4. The molecule has 0 bridgehead atoms. The van der Waals surface area contributed by atoms with Crippen molar-refractivity contribution in [2.75, 3.05) is 4.90 Å². The number of hydrogen-bond donors (Lipinski definition) is 0. The van der Waals surface area contributed by atoms with Crippen LogP contribution in [0.4, 0.5) is 5.69 Å². The van der Waals surface area contributed by atoms with Crippen molar-refractivity contribution in [1.82, 2.24) is 4.90 Å². The molecule has 6 nitrogen and oxygen atoms in total. The number of carbonyl (C=O) groups excluding carboxylic acids is 4. The number of nitrogens with zero attached hydrogens (tertiary/aromatic N) is 2. The van der Waals surface area contributed by atoms with Gasteiger partial charge in [0.25, 0.3) is 17.7 Å². The second-order valence-electron chi connectivity index (χ2n) is 5.98. The molecule has 0 aliphatic carbocycles. The smallest absolute Gasteiger partial charge is 0.262 e. The van der Waals surface area contributed by atoms with E-state index in [1.54, 1.807) is 54.6 Å². The van der Waals surface area contributed by atoms with Crippen molar-refractivity contribution in [3.8, 4) is 0 Å². The van der Waals surface area contributed by atoms with Crippen molar-refractivity contribution in [3.05, 3.63) is 65.7 Å². The number of imide groups is 2. The molecule has 0 N–H and O–H groups in total. The Morgan fingerprint density at radius 1 is 0.760 bits per heavy atom. The second kappa shape index (κ2) is 5.66. The van der Waals surface area contributed by atoms with Crippen LogP contribution < -0.4 is 4.90 Å². The summed E-state index contributed by atoms with van der Waals surface area (Å²) in [6, 6.07) is 14.1. The highest BCUT2D eigenvalue weighted by molar-refractivity contribution is 6.26. The van der Waals surface area contributed by atoms with Crippen LogP contribution in [0.25, 0.3) is 0 Å². The molecular weight excluding hydrogens is 320 g/mol. The van der Waals surface area contributed by atoms with Gasteiger partial charge < -0.3 is 0 Å². The number of hydrogen-bond acceptors (Lipinski definition) is 4. The van der Waals surface area contributed by atoms with Crippen molar-refractivity contribution in [2.24, 2.45) is 0 Å². The van der Waals surface area contributed by atoms with Gasteiger partial charge in [-0.2, -0.15) is 0 Å². The Bertz CT molecular complexity index is 872. The lowest BCUT2D eigenvalue weighted by atomic mass is 10.0. The average molecular weight is 334 g/mol. The van der Waals surface area contributed by atoms with E-state index in [4.69, 9.17) is 0 Å². The second-order valence-corrected chi connectivity index (χ2v) is 5.98. The SMILES string of the molecule is O=C1CCC(N2C(=O)c3ccccc3C2=O)C(=O)N1c1ccccc1. The molecule has 124 valence electrons. The van der Waals surface area contributed by atoms with Crippen LogP contribution in [0.15, 0.2) is 54.6 Å². The molecule has 0 saturated carbocycles. The topological polar surface area (TPSA) is 74.8 Å². The van der Waals surface area contributed by atoms with E-state index in [1.165, 1.54) is 0 Å². The van der Waals surface area contributed by atoms with Gasteiger partial charge in [-0.05, 0) is 30.7 Å². The molecule has 2 aliphatic rings. The third-order valence-electron chi connectivity index (χ3n) is 4.54. The Balaban J connectivity index is 1.70. The summed E-state index contributed by atoms with van der Waals surface area (Å²) in [7, 11) is 0. The van der Waals surface area contributed by atoms with Gasteiger partial charge in [-0.15, -0.1) is 0 Å². The Hall–Kier alpha value is -3.28. The van der Waals surface area contributed by atoms with Crippen molar-refractivity contribution in [1.29, 1.82) is 0 Å². The molecule has 25 heavy (non-hydrogen) atoms. The first-order valence-corrected chi connectivity index (χ1v) is 7.98. The number of para-hydroxylation sites is 1. The summed E-state index contributed by atoms with van der Waals surface area (Å²) < 4.78 is 0. The molecule has 2 aromatic rings. The first kappa shape index (κ1) is 15.3. The fraction of sp³-hybridized carbons (Fsp3) is 0.158. The molecule has 2 heterocycles. The maximum absolute atomic E-state index is 12.9. The van der Waals surface area contributed by atoms with Crippen LogP contribution in [0.5, 0.6) is 0 Å². The van der Waals surface area contributed by atoms with Gasteiger partial charge in [0.1, 0.15) is 6.04 Å². The molecule has 0 radical (unpaired) electrons. The van der Waals surface area contributed by atoms with Crippen LogP contribution in [-0.4, -0.2) is 34.6 Å². The fourth-order valence-electron chi connectivity index (χ4n) is 3.35. The minimum Gasteiger partial charge on any atom is -0.274 e. The molecule has 1 atom stereocenters. The van der Waals surface area contributed by atoms with Gasteiger partial charge in [0.2, 0.25) is 5.91 Å². The van der Waals surface area contributed by atoms with Gasteiger partial charge in [0.05, 0.1) is 16.8 Å². The predicted molar refractivity (Wildman–Crippen MR) is 88.9 cm³/mol. The number of anilines is 1. The number of rotatable bonds is 2. The Kier molecular flexibility index (Phi) is 3.46. The molecule has 6 heteroatoms. The molecule has 1 fully saturated rings. The normalized spacial score (nSPS) is 20.2. The Labute approximate surface area is 143 Å². The average Bonchev–Trinajstić information content (AvgIpc) is 2.88. The number of benzene rings is 2.